The van der Waals surface area contributed by atoms with Crippen LogP contribution in [0.25, 0.3) is 0 Å². The molecule has 45 heavy (non-hydrogen) atoms. The predicted octanol–water partition coefficient (Wildman–Crippen LogP) is 3.73. The average molecular weight is 711 g/mol. The van der Waals surface area contributed by atoms with E-state index in [-0.39, 0.29) is 29.9 Å². The molecule has 5 rings (SSSR count). The Morgan fingerprint density at radius 2 is 1.73 bits per heavy atom. The third-order valence-electron chi connectivity index (χ3n) is 9.02. The molecule has 1 saturated heterocycles. The summed E-state index contributed by atoms with van der Waals surface area (Å²) < 4.78 is 43.1. The van der Waals surface area contributed by atoms with Gasteiger partial charge in [0.1, 0.15) is 23.7 Å². The highest BCUT2D eigenvalue weighted by atomic mass is 79.9. The number of esters is 1. The number of amides is 3. The number of alkyl carbamates (subject to hydrolysis) is 1. The number of ether oxygens (including phenoxy) is 2. The fraction of sp³-hybridized carbons (Fsp3) is 0.613. The van der Waals surface area contributed by atoms with Crippen molar-refractivity contribution in [3.63, 3.8) is 0 Å². The summed E-state index contributed by atoms with van der Waals surface area (Å²) in [6, 6.07) is 3.76. The van der Waals surface area contributed by atoms with E-state index >= 15 is 0 Å². The first-order chi connectivity index (χ1) is 21.5. The Labute approximate surface area is 271 Å². The van der Waals surface area contributed by atoms with Crippen molar-refractivity contribution in [1.29, 1.82) is 0 Å². The Morgan fingerprint density at radius 3 is 2.44 bits per heavy atom. The zero-order chi connectivity index (χ0) is 32.2. The molecule has 1 aromatic carbocycles. The maximum Gasteiger partial charge on any atom is 0.408 e. The zero-order valence-electron chi connectivity index (χ0n) is 25.2. The molecule has 2 heterocycles. The normalized spacial score (nSPS) is 30.2. The fourth-order valence-corrected chi connectivity index (χ4v) is 7.81. The lowest BCUT2D eigenvalue weighted by Gasteiger charge is -2.29. The molecular formula is C31H40BrN3O9S. The molecule has 0 bridgehead atoms. The molecule has 2 N–H and O–H groups in total. The minimum atomic E-state index is -4.24. The summed E-state index contributed by atoms with van der Waals surface area (Å²) >= 11 is 3.28. The summed E-state index contributed by atoms with van der Waals surface area (Å²) in [7, 11) is -2.99. The molecule has 2 aliphatic heterocycles. The molecule has 1 aromatic rings. The van der Waals surface area contributed by atoms with E-state index in [1.54, 1.807) is 12.1 Å². The molecule has 3 fully saturated rings. The number of nitrogens with one attached hydrogen (secondary N) is 2. The summed E-state index contributed by atoms with van der Waals surface area (Å²) in [6.45, 7) is -0.211. The largest absolute Gasteiger partial charge is 0.467 e. The number of nitrogens with zero attached hydrogens (tertiary/aromatic N) is 1. The van der Waals surface area contributed by atoms with Crippen molar-refractivity contribution in [3.8, 4) is 0 Å². The van der Waals surface area contributed by atoms with Gasteiger partial charge in [0, 0.05) is 23.4 Å². The second-order valence-corrected chi connectivity index (χ2v) is 14.7. The van der Waals surface area contributed by atoms with Crippen LogP contribution in [0.4, 0.5) is 4.79 Å². The Balaban J connectivity index is 1.41. The highest BCUT2D eigenvalue weighted by Crippen LogP contribution is 2.46. The molecule has 12 nitrogen and oxygen atoms in total. The van der Waals surface area contributed by atoms with Gasteiger partial charge >= 0.3 is 12.1 Å². The molecule has 246 valence electrons. The van der Waals surface area contributed by atoms with Crippen LogP contribution in [0, 0.1) is 5.92 Å². The van der Waals surface area contributed by atoms with E-state index in [4.69, 9.17) is 13.7 Å². The van der Waals surface area contributed by atoms with Gasteiger partial charge in [-0.1, -0.05) is 40.9 Å². The van der Waals surface area contributed by atoms with Gasteiger partial charge in [-0.05, 0) is 75.6 Å². The van der Waals surface area contributed by atoms with Gasteiger partial charge in [-0.15, -0.1) is 0 Å². The first-order valence-corrected chi connectivity index (χ1v) is 17.8. The maximum atomic E-state index is 14.1. The van der Waals surface area contributed by atoms with Gasteiger partial charge in [-0.25, -0.2) is 9.59 Å². The van der Waals surface area contributed by atoms with Crippen molar-refractivity contribution in [2.45, 2.75) is 105 Å². The quantitative estimate of drug-likeness (QED) is 0.255. The van der Waals surface area contributed by atoms with E-state index in [2.05, 4.69) is 26.6 Å². The van der Waals surface area contributed by atoms with Gasteiger partial charge in [0.05, 0.1) is 18.1 Å². The molecule has 5 atom stereocenters. The number of benzene rings is 1. The van der Waals surface area contributed by atoms with Gasteiger partial charge < -0.3 is 25.0 Å². The minimum absolute atomic E-state index is 0.0719. The Kier molecular flexibility index (Phi) is 10.5. The minimum Gasteiger partial charge on any atom is -0.467 e. The SMILES string of the molecule is COC(=O)[C@@]12C[C@H]1/C=C\CCCCC[C@H](NC(=O)OC1CCCC1)C(=O)N1C[C@H](OS(=O)(=O)c3ccc(Br)cc3)C[C@H]1C(=O)N2. The van der Waals surface area contributed by atoms with Crippen LogP contribution in [0.5, 0.6) is 0 Å². The summed E-state index contributed by atoms with van der Waals surface area (Å²) in [4.78, 5) is 54.9. The van der Waals surface area contributed by atoms with Crippen LogP contribution in [-0.4, -0.2) is 80.7 Å². The second kappa shape index (κ2) is 14.2. The number of methoxy groups -OCH3 is 1. The molecule has 14 heteroatoms. The number of hydrogen-bond acceptors (Lipinski definition) is 9. The Morgan fingerprint density at radius 1 is 1.02 bits per heavy atom. The lowest BCUT2D eigenvalue weighted by Crippen LogP contribution is -2.56. The zero-order valence-corrected chi connectivity index (χ0v) is 27.6. The Bertz CT molecular complexity index is 1410. The highest BCUT2D eigenvalue weighted by Gasteiger charge is 2.62. The molecule has 3 amide bonds. The highest BCUT2D eigenvalue weighted by molar-refractivity contribution is 9.10. The van der Waals surface area contributed by atoms with Crippen molar-refractivity contribution in [2.75, 3.05) is 13.7 Å². The van der Waals surface area contributed by atoms with E-state index in [9.17, 15) is 27.6 Å². The topological polar surface area (TPSA) is 157 Å². The van der Waals surface area contributed by atoms with Crippen molar-refractivity contribution < 1.29 is 41.3 Å². The number of allylic oxidation sites excluding steroid dienone is 1. The van der Waals surface area contributed by atoms with Crippen molar-refractivity contribution in [2.24, 2.45) is 5.92 Å². The smallest absolute Gasteiger partial charge is 0.408 e. The van der Waals surface area contributed by atoms with E-state index in [0.717, 1.165) is 44.9 Å². The lowest BCUT2D eigenvalue weighted by molar-refractivity contribution is -0.148. The number of halogens is 1. The Hall–Kier alpha value is -2.97. The van der Waals surface area contributed by atoms with Crippen LogP contribution in [0.2, 0.25) is 0 Å². The molecule has 2 saturated carbocycles. The average Bonchev–Trinajstić information content (AvgIpc) is 3.29. The molecule has 0 aromatic heterocycles. The molecule has 2 aliphatic carbocycles. The fourth-order valence-electron chi connectivity index (χ4n) is 6.47. The summed E-state index contributed by atoms with van der Waals surface area (Å²) in [5.41, 5.74) is -1.28. The number of rotatable bonds is 6. The summed E-state index contributed by atoms with van der Waals surface area (Å²) in [5, 5.41) is 5.55. The molecule has 0 unspecified atom stereocenters. The van der Waals surface area contributed by atoms with Crippen molar-refractivity contribution >= 4 is 49.9 Å². The van der Waals surface area contributed by atoms with Crippen LogP contribution in [0.3, 0.4) is 0 Å². The van der Waals surface area contributed by atoms with E-state index < -0.39 is 57.7 Å². The lowest BCUT2D eigenvalue weighted by atomic mass is 10.0. The predicted molar refractivity (Wildman–Crippen MR) is 165 cm³/mol. The number of hydrogen-bond donors (Lipinski definition) is 2. The monoisotopic (exact) mass is 709 g/mol. The first-order valence-electron chi connectivity index (χ1n) is 15.6. The van der Waals surface area contributed by atoms with Gasteiger partial charge in [-0.3, -0.25) is 13.8 Å². The summed E-state index contributed by atoms with van der Waals surface area (Å²) in [6.07, 6.45) is 8.96. The first kappa shape index (κ1) is 33.4. The molecular weight excluding hydrogens is 670 g/mol. The van der Waals surface area contributed by atoms with Crippen molar-refractivity contribution in [3.05, 3.63) is 40.9 Å². The maximum absolute atomic E-state index is 14.1. The van der Waals surface area contributed by atoms with E-state index in [1.165, 1.54) is 24.1 Å². The second-order valence-electron chi connectivity index (χ2n) is 12.2. The number of carbonyl (C=O) groups excluding carboxylic acids is 4. The number of fused-ring (bicyclic) bond motifs is 2. The summed E-state index contributed by atoms with van der Waals surface area (Å²) in [5.74, 6) is -2.03. The number of carbonyl (C=O) groups is 4. The molecule has 4 aliphatic rings. The van der Waals surface area contributed by atoms with Crippen LogP contribution < -0.4 is 10.6 Å². The molecule has 0 spiro atoms. The van der Waals surface area contributed by atoms with Crippen LogP contribution in [0.15, 0.2) is 45.8 Å². The van der Waals surface area contributed by atoms with Gasteiger partial charge in [-0.2, -0.15) is 8.42 Å². The van der Waals surface area contributed by atoms with Gasteiger partial charge in [0.2, 0.25) is 11.8 Å². The van der Waals surface area contributed by atoms with E-state index in [1.807, 2.05) is 12.2 Å². The third-order valence-corrected chi connectivity index (χ3v) is 10.9. The molecule has 0 radical (unpaired) electrons. The van der Waals surface area contributed by atoms with Crippen LogP contribution in [0.1, 0.15) is 70.6 Å². The van der Waals surface area contributed by atoms with Crippen LogP contribution >= 0.6 is 15.9 Å². The third kappa shape index (κ3) is 7.89. The van der Waals surface area contributed by atoms with Crippen molar-refractivity contribution in [1.82, 2.24) is 15.5 Å². The van der Waals surface area contributed by atoms with E-state index in [0.29, 0.717) is 23.7 Å². The van der Waals surface area contributed by atoms with Gasteiger partial charge in [0.15, 0.2) is 0 Å². The van der Waals surface area contributed by atoms with Gasteiger partial charge in [0.25, 0.3) is 10.1 Å². The van der Waals surface area contributed by atoms with Crippen LogP contribution in [-0.2, 0) is 38.2 Å². The standard InChI is InChI=1S/C31H40BrN3O9S/c1-42-29(38)31-18-20(31)9-5-3-2-4-6-12-25(33-30(39)43-22-10-7-8-11-22)28(37)35-19-23(17-26(35)27(36)34-31)44-45(40,41)24-15-13-21(32)14-16-24/h5,9,13-16,20,22-23,25-26H,2-4,6-8,10-12,17-19H2,1H3,(H,33,39)(H,34,36)/b9-5-/t20-,23-,25+,26+,31-/m1/s1.